The highest BCUT2D eigenvalue weighted by atomic mass is 16.3. The molecule has 0 atom stereocenters. The fourth-order valence-corrected chi connectivity index (χ4v) is 11.2. The summed E-state index contributed by atoms with van der Waals surface area (Å²) in [4.78, 5) is 2.34. The van der Waals surface area contributed by atoms with E-state index in [-0.39, 0.29) is 0 Å². The van der Waals surface area contributed by atoms with E-state index >= 15 is 0 Å². The van der Waals surface area contributed by atoms with Crippen LogP contribution < -0.4 is 4.90 Å². The highest BCUT2D eigenvalue weighted by Crippen LogP contribution is 2.44. The van der Waals surface area contributed by atoms with Gasteiger partial charge in [-0.25, -0.2) is 0 Å². The number of rotatable bonds is 8. The van der Waals surface area contributed by atoms with E-state index in [0.717, 1.165) is 80.4 Å². The van der Waals surface area contributed by atoms with Crippen LogP contribution in [-0.2, 0) is 6.42 Å². The molecule has 0 radical (unpaired) electrons. The third kappa shape index (κ3) is 6.52. The summed E-state index contributed by atoms with van der Waals surface area (Å²) < 4.78 is 11.1. The van der Waals surface area contributed by atoms with Gasteiger partial charge in [0.1, 0.15) is 11.3 Å². The molecule has 4 nitrogen and oxygen atoms in total. The van der Waals surface area contributed by atoms with Gasteiger partial charge in [-0.05, 0) is 168 Å². The van der Waals surface area contributed by atoms with Crippen LogP contribution in [-0.4, -0.2) is 9.13 Å². The first kappa shape index (κ1) is 40.0. The van der Waals surface area contributed by atoms with Gasteiger partial charge < -0.3 is 18.5 Å². The Kier molecular flexibility index (Phi) is 9.31. The molecule has 14 rings (SSSR count). The van der Waals surface area contributed by atoms with E-state index in [4.69, 9.17) is 4.42 Å². The second-order valence-corrected chi connectivity index (χ2v) is 18.4. The molecular weight excluding hydrogens is 851 g/mol. The summed E-state index contributed by atoms with van der Waals surface area (Å²) in [6, 6.07) is 86.4. The van der Waals surface area contributed by atoms with Crippen molar-refractivity contribution in [2.45, 2.75) is 12.8 Å². The van der Waals surface area contributed by atoms with E-state index < -0.39 is 0 Å². The normalized spacial score (nSPS) is 12.4. The Hall–Kier alpha value is -9.12. The Morgan fingerprint density at radius 2 is 0.971 bits per heavy atom. The molecule has 0 spiro atoms. The first-order chi connectivity index (χ1) is 34.7. The van der Waals surface area contributed by atoms with E-state index in [1.165, 1.54) is 60.1 Å². The van der Waals surface area contributed by atoms with Crippen molar-refractivity contribution >= 4 is 77.7 Å². The van der Waals surface area contributed by atoms with Crippen LogP contribution in [0.15, 0.2) is 247 Å². The van der Waals surface area contributed by atoms with Gasteiger partial charge in [0.25, 0.3) is 0 Å². The zero-order valence-corrected chi connectivity index (χ0v) is 38.3. The molecule has 70 heavy (non-hydrogen) atoms. The molecule has 0 aliphatic heterocycles. The van der Waals surface area contributed by atoms with Crippen LogP contribution in [0.3, 0.4) is 0 Å². The molecule has 0 fully saturated rings. The lowest BCUT2D eigenvalue weighted by Crippen LogP contribution is -2.09. The van der Waals surface area contributed by atoms with Gasteiger partial charge in [-0.1, -0.05) is 127 Å². The van der Waals surface area contributed by atoms with Crippen molar-refractivity contribution in [2.75, 3.05) is 4.90 Å². The molecule has 0 bridgehead atoms. The number of benzene rings is 10. The second-order valence-electron chi connectivity index (χ2n) is 18.4. The Bertz CT molecular complexity index is 4140. The zero-order chi connectivity index (χ0) is 46.1. The minimum absolute atomic E-state index is 0.942. The largest absolute Gasteiger partial charge is 0.456 e. The number of para-hydroxylation sites is 5. The number of nitrogens with zero attached hydrogens (tertiary/aromatic N) is 3. The van der Waals surface area contributed by atoms with E-state index in [1.54, 1.807) is 0 Å². The van der Waals surface area contributed by atoms with Gasteiger partial charge in [-0.15, -0.1) is 0 Å². The van der Waals surface area contributed by atoms with Crippen LogP contribution in [0.1, 0.15) is 17.7 Å². The lowest BCUT2D eigenvalue weighted by molar-refractivity contribution is 0.595. The molecule has 0 N–H and O–H groups in total. The topological polar surface area (TPSA) is 26.2 Å². The smallest absolute Gasteiger partial charge is 0.135 e. The molecule has 0 amide bonds. The molecule has 4 heteroatoms. The van der Waals surface area contributed by atoms with Crippen molar-refractivity contribution in [3.05, 3.63) is 254 Å². The quantitative estimate of drug-likeness (QED) is 0.152. The standard InChI is InChI=1S/C66H45N3O/c1-4-19-49(20-5-1)67(50-21-6-2-7-22-50)52-25-16-18-44(41-52)46-38-47(40-48(39-46)54-29-17-32-63-66(54)57-28-11-14-31-61(57)68(63)51-23-8-3-9-24-51)45-34-36-62-58(42-45)55-26-10-13-30-60(55)69(62)53-35-37-65-59(43-53)56-27-12-15-33-64(56)70-65/h1-11,13-26,28-43H,12,27H2. The second kappa shape index (κ2) is 16.3. The predicted molar refractivity (Wildman–Crippen MR) is 293 cm³/mol. The number of fused-ring (bicyclic) bond motifs is 9. The maximum absolute atomic E-state index is 6.31. The van der Waals surface area contributed by atoms with Crippen molar-refractivity contribution in [1.29, 1.82) is 0 Å². The highest BCUT2D eigenvalue weighted by molar-refractivity contribution is 6.16. The minimum atomic E-state index is 0.942. The molecule has 0 unspecified atom stereocenters. The number of furan rings is 1. The van der Waals surface area contributed by atoms with Gasteiger partial charge in [0.05, 0.1) is 22.1 Å². The monoisotopic (exact) mass is 895 g/mol. The molecule has 330 valence electrons. The number of aromatic nitrogens is 2. The van der Waals surface area contributed by atoms with Gasteiger partial charge in [0, 0.05) is 60.9 Å². The highest BCUT2D eigenvalue weighted by Gasteiger charge is 2.21. The van der Waals surface area contributed by atoms with Gasteiger partial charge in [-0.3, -0.25) is 0 Å². The average Bonchev–Trinajstić information content (AvgIpc) is 4.09. The van der Waals surface area contributed by atoms with Gasteiger partial charge in [0.2, 0.25) is 0 Å². The summed E-state index contributed by atoms with van der Waals surface area (Å²) in [6.07, 6.45) is 6.36. The maximum atomic E-state index is 6.31. The SMILES string of the molecule is C1=Cc2oc3ccc(-n4c5ccccc5c5cc(-c6cc(-c7cccc(N(c8ccccc8)c8ccccc8)c7)cc(-c7cccc8c7c7ccccc7n8-c7ccccc7)c6)ccc54)cc3c2CC1. The molecule has 10 aromatic carbocycles. The maximum Gasteiger partial charge on any atom is 0.135 e. The molecule has 1 aliphatic rings. The van der Waals surface area contributed by atoms with Crippen LogP contribution in [0.25, 0.3) is 105 Å². The van der Waals surface area contributed by atoms with Crippen LogP contribution in [0.2, 0.25) is 0 Å². The first-order valence-corrected chi connectivity index (χ1v) is 24.2. The summed E-state index contributed by atoms with van der Waals surface area (Å²) in [6.45, 7) is 0. The Balaban J connectivity index is 0.985. The van der Waals surface area contributed by atoms with Crippen molar-refractivity contribution in [1.82, 2.24) is 9.13 Å². The molecule has 13 aromatic rings. The molecule has 0 saturated carbocycles. The number of anilines is 3. The Labute approximate surface area is 405 Å². The van der Waals surface area contributed by atoms with E-state index in [9.17, 15) is 0 Å². The molecule has 0 saturated heterocycles. The van der Waals surface area contributed by atoms with Crippen molar-refractivity contribution < 1.29 is 4.42 Å². The Morgan fingerprint density at radius 1 is 0.371 bits per heavy atom. The Morgan fingerprint density at radius 3 is 1.74 bits per heavy atom. The summed E-state index contributed by atoms with van der Waals surface area (Å²) >= 11 is 0. The number of aryl methyl sites for hydroxylation is 1. The third-order valence-electron chi connectivity index (χ3n) is 14.3. The number of hydrogen-bond acceptors (Lipinski definition) is 2. The summed E-state index contributed by atoms with van der Waals surface area (Å²) in [5.74, 6) is 0.987. The lowest BCUT2D eigenvalue weighted by atomic mass is 9.91. The van der Waals surface area contributed by atoms with Crippen LogP contribution in [0.5, 0.6) is 0 Å². The summed E-state index contributed by atoms with van der Waals surface area (Å²) in [7, 11) is 0. The first-order valence-electron chi connectivity index (χ1n) is 24.2. The van der Waals surface area contributed by atoms with Gasteiger partial charge in [-0.2, -0.15) is 0 Å². The van der Waals surface area contributed by atoms with Crippen molar-refractivity contribution in [2.24, 2.45) is 0 Å². The third-order valence-corrected chi connectivity index (χ3v) is 14.3. The van der Waals surface area contributed by atoms with Gasteiger partial charge in [0.15, 0.2) is 0 Å². The molecule has 1 aliphatic carbocycles. The number of allylic oxidation sites excluding steroid dienone is 1. The number of hydrogen-bond donors (Lipinski definition) is 0. The average molecular weight is 896 g/mol. The summed E-state index contributed by atoms with van der Waals surface area (Å²) in [5, 5.41) is 6.11. The predicted octanol–water partition coefficient (Wildman–Crippen LogP) is 18.1. The molecule has 3 aromatic heterocycles. The van der Waals surface area contributed by atoms with Crippen molar-refractivity contribution in [3.8, 4) is 44.8 Å². The van der Waals surface area contributed by atoms with E-state index in [0.29, 0.717) is 0 Å². The fraction of sp³-hybridized carbons (Fsp3) is 0.0303. The minimum Gasteiger partial charge on any atom is -0.456 e. The molecule has 3 heterocycles. The van der Waals surface area contributed by atoms with Crippen LogP contribution in [0.4, 0.5) is 17.1 Å². The van der Waals surface area contributed by atoms with Crippen LogP contribution >= 0.6 is 0 Å². The van der Waals surface area contributed by atoms with Crippen molar-refractivity contribution in [3.63, 3.8) is 0 Å². The molecular formula is C66H45N3O. The van der Waals surface area contributed by atoms with Crippen LogP contribution in [0, 0.1) is 0 Å². The zero-order valence-electron chi connectivity index (χ0n) is 38.3. The van der Waals surface area contributed by atoms with E-state index in [1.807, 2.05) is 0 Å². The lowest BCUT2D eigenvalue weighted by Gasteiger charge is -2.26. The summed E-state index contributed by atoms with van der Waals surface area (Å²) in [5.41, 5.74) is 19.5. The fourth-order valence-electron chi connectivity index (χ4n) is 11.2. The van der Waals surface area contributed by atoms with Gasteiger partial charge >= 0.3 is 0 Å². The van der Waals surface area contributed by atoms with E-state index in [2.05, 4.69) is 263 Å².